The maximum absolute atomic E-state index is 13.1. The molecule has 5 unspecified atom stereocenters. The van der Waals surface area contributed by atoms with Gasteiger partial charge >= 0.3 is 39.5 Å². The van der Waals surface area contributed by atoms with Crippen LogP contribution >= 0.6 is 15.6 Å². The maximum atomic E-state index is 13.1. The molecule has 0 spiro atoms. The van der Waals surface area contributed by atoms with E-state index in [0.29, 0.717) is 25.7 Å². The number of rotatable bonds is 71. The molecule has 0 saturated carbocycles. The third-order valence-electron chi connectivity index (χ3n) is 15.8. The minimum Gasteiger partial charge on any atom is -0.462 e. The number of unbranched alkanes of at least 4 members (excludes halogenated alkanes) is 31. The first-order valence-electron chi connectivity index (χ1n) is 37.8. The molecule has 0 aromatic carbocycles. The van der Waals surface area contributed by atoms with Crippen molar-refractivity contribution in [2.45, 2.75) is 341 Å². The summed E-state index contributed by atoms with van der Waals surface area (Å²) in [4.78, 5) is 72.7. The average molecular weight is 1400 g/mol. The monoisotopic (exact) mass is 1390 g/mol. The summed E-state index contributed by atoms with van der Waals surface area (Å²) < 4.78 is 68.4. The highest BCUT2D eigenvalue weighted by molar-refractivity contribution is 7.47. The van der Waals surface area contributed by atoms with Crippen LogP contribution in [0.15, 0.2) is 85.1 Å². The lowest BCUT2D eigenvalue weighted by Crippen LogP contribution is -2.30. The first-order valence-corrected chi connectivity index (χ1v) is 40.8. The van der Waals surface area contributed by atoms with Gasteiger partial charge in [-0.2, -0.15) is 0 Å². The van der Waals surface area contributed by atoms with Crippen LogP contribution in [0.5, 0.6) is 0 Å². The molecule has 0 aromatic rings. The second-order valence-electron chi connectivity index (χ2n) is 25.2. The fourth-order valence-electron chi connectivity index (χ4n) is 9.94. The Balaban J connectivity index is 5.35. The minimum absolute atomic E-state index is 0.0767. The van der Waals surface area contributed by atoms with Crippen molar-refractivity contribution < 1.29 is 80.2 Å². The minimum atomic E-state index is -4.98. The molecule has 17 nitrogen and oxygen atoms in total. The van der Waals surface area contributed by atoms with E-state index in [1.165, 1.54) is 70.6 Å². The number of ether oxygens (including phenoxy) is 4. The number of aliphatic hydroxyl groups excluding tert-OH is 1. The van der Waals surface area contributed by atoms with Crippen LogP contribution in [-0.4, -0.2) is 96.7 Å². The van der Waals surface area contributed by atoms with Gasteiger partial charge < -0.3 is 33.8 Å². The van der Waals surface area contributed by atoms with Crippen molar-refractivity contribution in [1.82, 2.24) is 0 Å². The number of allylic oxidation sites excluding steroid dienone is 14. The standard InChI is InChI=1S/C77H136O17P2/c1-5-9-13-17-21-25-29-32-35-38-42-45-49-53-57-61-74(79)87-67-72(93-76(81)63-59-55-51-47-41-28-24-20-16-12-8-4)69-91-95(83,84)89-65-71(78)66-90-96(85,86)92-70-73(94-77(82)64-60-56-52-48-44-40-37-34-31-27-23-19-15-11-7-3)68-88-75(80)62-58-54-50-46-43-39-36-33-30-26-22-18-14-10-6-2/h20-27,32-37,71-73,78H,5-19,28-31,38-70H2,1-4H3,(H,83,84)(H,85,86)/b24-20-,25-21-,26-22-,27-23-,35-32-,36-33-,37-34-. The summed E-state index contributed by atoms with van der Waals surface area (Å²) in [6.07, 6.45) is 70.0. The molecule has 0 radical (unpaired) electrons. The first-order chi connectivity index (χ1) is 46.7. The molecule has 556 valence electrons. The van der Waals surface area contributed by atoms with Crippen LogP contribution in [0.25, 0.3) is 0 Å². The fraction of sp³-hybridized carbons (Fsp3) is 0.766. The van der Waals surface area contributed by atoms with Gasteiger partial charge in [0, 0.05) is 25.7 Å². The van der Waals surface area contributed by atoms with Crippen LogP contribution in [0.4, 0.5) is 0 Å². The molecule has 0 aliphatic rings. The molecule has 19 heteroatoms. The highest BCUT2D eigenvalue weighted by atomic mass is 31.2. The van der Waals surface area contributed by atoms with Gasteiger partial charge in [-0.15, -0.1) is 0 Å². The lowest BCUT2D eigenvalue weighted by atomic mass is 10.1. The zero-order valence-corrected chi connectivity index (χ0v) is 62.3. The Kier molecular flexibility index (Phi) is 67.0. The normalized spacial score (nSPS) is 14.4. The first kappa shape index (κ1) is 92.2. The molecule has 0 bridgehead atoms. The molecular formula is C77H136O17P2. The van der Waals surface area contributed by atoms with Crippen LogP contribution in [0.2, 0.25) is 0 Å². The Morgan fingerprint density at radius 1 is 0.292 bits per heavy atom. The summed E-state index contributed by atoms with van der Waals surface area (Å²) in [6.45, 7) is 4.72. The summed E-state index contributed by atoms with van der Waals surface area (Å²) in [6, 6.07) is 0. The van der Waals surface area contributed by atoms with Crippen molar-refractivity contribution in [2.75, 3.05) is 39.6 Å². The van der Waals surface area contributed by atoms with Gasteiger partial charge in [-0.1, -0.05) is 241 Å². The maximum Gasteiger partial charge on any atom is 0.472 e. The molecule has 96 heavy (non-hydrogen) atoms. The van der Waals surface area contributed by atoms with E-state index in [1.807, 2.05) is 0 Å². The van der Waals surface area contributed by atoms with Crippen molar-refractivity contribution in [2.24, 2.45) is 0 Å². The van der Waals surface area contributed by atoms with Crippen molar-refractivity contribution >= 4 is 39.5 Å². The van der Waals surface area contributed by atoms with Crippen molar-refractivity contribution in [3.05, 3.63) is 85.1 Å². The largest absolute Gasteiger partial charge is 0.472 e. The fourth-order valence-corrected chi connectivity index (χ4v) is 11.5. The molecule has 0 fully saturated rings. The molecule has 0 rings (SSSR count). The smallest absolute Gasteiger partial charge is 0.462 e. The quantitative estimate of drug-likeness (QED) is 0.0169. The third-order valence-corrected chi connectivity index (χ3v) is 17.7. The van der Waals surface area contributed by atoms with E-state index in [1.54, 1.807) is 0 Å². The van der Waals surface area contributed by atoms with Crippen LogP contribution in [0, 0.1) is 0 Å². The van der Waals surface area contributed by atoms with Gasteiger partial charge in [0.15, 0.2) is 12.2 Å². The molecule has 0 aliphatic heterocycles. The highest BCUT2D eigenvalue weighted by Gasteiger charge is 2.30. The lowest BCUT2D eigenvalue weighted by molar-refractivity contribution is -0.161. The Hall–Kier alpha value is -3.76. The zero-order chi connectivity index (χ0) is 70.4. The van der Waals surface area contributed by atoms with Crippen LogP contribution in [0.3, 0.4) is 0 Å². The van der Waals surface area contributed by atoms with E-state index in [9.17, 15) is 43.2 Å². The number of hydrogen-bond donors (Lipinski definition) is 3. The van der Waals surface area contributed by atoms with Crippen LogP contribution in [-0.2, 0) is 65.4 Å². The predicted molar refractivity (Wildman–Crippen MR) is 390 cm³/mol. The molecule has 0 aromatic heterocycles. The van der Waals surface area contributed by atoms with E-state index in [-0.39, 0.29) is 25.7 Å². The predicted octanol–water partition coefficient (Wildman–Crippen LogP) is 21.4. The molecule has 3 N–H and O–H groups in total. The van der Waals surface area contributed by atoms with Gasteiger partial charge in [-0.3, -0.25) is 37.3 Å². The van der Waals surface area contributed by atoms with Gasteiger partial charge in [0.1, 0.15) is 19.3 Å². The lowest BCUT2D eigenvalue weighted by Gasteiger charge is -2.21. The third kappa shape index (κ3) is 68.8. The van der Waals surface area contributed by atoms with E-state index < -0.39 is 97.5 Å². The topological polar surface area (TPSA) is 237 Å². The number of aliphatic hydroxyl groups is 1. The van der Waals surface area contributed by atoms with Crippen molar-refractivity contribution in [1.29, 1.82) is 0 Å². The number of carbonyl (C=O) groups excluding carboxylic acids is 4. The van der Waals surface area contributed by atoms with E-state index in [2.05, 4.69) is 113 Å². The Labute approximate surface area is 583 Å². The van der Waals surface area contributed by atoms with Crippen LogP contribution < -0.4 is 0 Å². The summed E-state index contributed by atoms with van der Waals surface area (Å²) in [5, 5.41) is 10.6. The summed E-state index contributed by atoms with van der Waals surface area (Å²) in [5.74, 6) is -2.22. The van der Waals surface area contributed by atoms with Crippen molar-refractivity contribution in [3.8, 4) is 0 Å². The van der Waals surface area contributed by atoms with E-state index in [0.717, 1.165) is 173 Å². The summed E-state index contributed by atoms with van der Waals surface area (Å²) in [7, 11) is -9.95. The highest BCUT2D eigenvalue weighted by Crippen LogP contribution is 2.45. The van der Waals surface area contributed by atoms with Gasteiger partial charge in [-0.25, -0.2) is 9.13 Å². The van der Waals surface area contributed by atoms with Gasteiger partial charge in [0.2, 0.25) is 0 Å². The number of esters is 4. The number of phosphoric acid groups is 2. The van der Waals surface area contributed by atoms with Gasteiger partial charge in [-0.05, 0) is 141 Å². The molecule has 5 atom stereocenters. The molecule has 0 amide bonds. The second-order valence-corrected chi connectivity index (χ2v) is 28.1. The Bertz CT molecular complexity index is 2160. The number of carbonyl (C=O) groups is 4. The SMILES string of the molecule is CCCC/C=C\CCCCCCCC(=O)OC(COC(=O)CCCCCCC/C=C\C/C=C\CCCCC)COP(=O)(O)OCC(O)COP(=O)(O)OCC(COC(=O)CCCCCCC/C=C\C/C=C\CCCCC)OC(=O)CCCCCCC/C=C\C/C=C\CCCCC. The molecule has 0 saturated heterocycles. The van der Waals surface area contributed by atoms with Crippen LogP contribution in [0.1, 0.15) is 323 Å². The molecule has 0 heterocycles. The number of hydrogen-bond acceptors (Lipinski definition) is 15. The van der Waals surface area contributed by atoms with E-state index in [4.69, 9.17) is 37.0 Å². The average Bonchev–Trinajstić information content (AvgIpc) is 1.98. The van der Waals surface area contributed by atoms with Gasteiger partial charge in [0.05, 0.1) is 26.4 Å². The van der Waals surface area contributed by atoms with E-state index >= 15 is 0 Å². The summed E-state index contributed by atoms with van der Waals surface area (Å²) >= 11 is 0. The molecule has 0 aliphatic carbocycles. The zero-order valence-electron chi connectivity index (χ0n) is 60.5. The second kappa shape index (κ2) is 69.7. The Morgan fingerprint density at radius 3 is 0.812 bits per heavy atom. The number of phosphoric ester groups is 2. The Morgan fingerprint density at radius 2 is 0.521 bits per heavy atom. The molecular weight excluding hydrogens is 1260 g/mol. The van der Waals surface area contributed by atoms with Gasteiger partial charge in [0.25, 0.3) is 0 Å². The summed E-state index contributed by atoms with van der Waals surface area (Å²) in [5.41, 5.74) is 0. The van der Waals surface area contributed by atoms with Crippen molar-refractivity contribution in [3.63, 3.8) is 0 Å².